The van der Waals surface area contributed by atoms with Gasteiger partial charge in [0.25, 0.3) is 0 Å². The Morgan fingerprint density at radius 2 is 2.33 bits per heavy atom. The molecule has 1 aliphatic heterocycles. The number of morpholine rings is 1. The van der Waals surface area contributed by atoms with Crippen molar-refractivity contribution in [2.75, 3.05) is 26.3 Å². The molecule has 27 heavy (non-hydrogen) atoms. The number of amides is 1. The molecule has 3 rings (SSSR count). The number of nitriles is 1. The minimum atomic E-state index is 0.00478. The third-order valence-electron chi connectivity index (χ3n) is 4.53. The monoisotopic (exact) mass is 365 g/mol. The summed E-state index contributed by atoms with van der Waals surface area (Å²) in [5.41, 5.74) is 2.58. The van der Waals surface area contributed by atoms with Crippen molar-refractivity contribution in [3.05, 3.63) is 59.7 Å². The largest absolute Gasteiger partial charge is 0.378 e. The lowest BCUT2D eigenvalue weighted by Gasteiger charge is -2.35. The Kier molecular flexibility index (Phi) is 6.85. The van der Waals surface area contributed by atoms with E-state index in [-0.39, 0.29) is 11.9 Å². The quantitative estimate of drug-likeness (QED) is 0.795. The summed E-state index contributed by atoms with van der Waals surface area (Å²) in [5.74, 6) is 0.00478. The maximum atomic E-state index is 12.3. The molecular weight excluding hydrogens is 342 g/mol. The third-order valence-corrected chi connectivity index (χ3v) is 4.53. The van der Waals surface area contributed by atoms with Gasteiger partial charge in [0.05, 0.1) is 30.5 Å². The highest BCUT2D eigenvalue weighted by Gasteiger charge is 2.25. The summed E-state index contributed by atoms with van der Waals surface area (Å²) in [4.78, 5) is 22.8. The Morgan fingerprint density at radius 3 is 3.15 bits per heavy atom. The Bertz CT molecular complexity index is 790. The zero-order valence-corrected chi connectivity index (χ0v) is 15.2. The van der Waals surface area contributed by atoms with E-state index >= 15 is 0 Å². The Hall–Kier alpha value is -2.82. The molecule has 1 atom stereocenters. The molecule has 0 saturated carbocycles. The summed E-state index contributed by atoms with van der Waals surface area (Å²) in [6.07, 6.45) is 6.03. The molecule has 2 aromatic rings. The molecule has 0 radical (unpaired) electrons. The van der Waals surface area contributed by atoms with Gasteiger partial charge in [-0.2, -0.15) is 5.26 Å². The molecule has 0 spiro atoms. The number of rotatable bonds is 7. The molecule has 1 aromatic heterocycles. The fourth-order valence-electron chi connectivity index (χ4n) is 3.13. The van der Waals surface area contributed by atoms with Crippen LogP contribution in [-0.4, -0.2) is 53.1 Å². The smallest absolute Gasteiger partial charge is 0.221 e. The number of ether oxygens (including phenoxy) is 1. The van der Waals surface area contributed by atoms with Crippen LogP contribution in [0.2, 0.25) is 0 Å². The molecule has 1 saturated heterocycles. The summed E-state index contributed by atoms with van der Waals surface area (Å²) in [7, 11) is 0. The van der Waals surface area contributed by atoms with E-state index < -0.39 is 0 Å². The number of carbonyl (C=O) groups excluding carboxylic acids is 1. The topological polar surface area (TPSA) is 91.1 Å². The van der Waals surface area contributed by atoms with Crippen LogP contribution in [0.1, 0.15) is 23.2 Å². The van der Waals surface area contributed by atoms with Gasteiger partial charge in [0.15, 0.2) is 0 Å². The van der Waals surface area contributed by atoms with Gasteiger partial charge in [0.2, 0.25) is 5.91 Å². The molecule has 140 valence electrons. The van der Waals surface area contributed by atoms with Gasteiger partial charge < -0.3 is 10.1 Å². The average molecular weight is 365 g/mol. The molecule has 1 fully saturated rings. The van der Waals surface area contributed by atoms with Crippen molar-refractivity contribution < 1.29 is 9.53 Å². The van der Waals surface area contributed by atoms with Crippen LogP contribution in [-0.2, 0) is 22.5 Å². The Labute approximate surface area is 159 Å². The number of carbonyl (C=O) groups is 1. The fraction of sp³-hybridized carbons (Fsp3) is 0.400. The number of hydrogen-bond donors (Lipinski definition) is 1. The number of nitrogens with one attached hydrogen (secondary N) is 1. The second-order valence-electron chi connectivity index (χ2n) is 6.51. The first kappa shape index (κ1) is 19.0. The summed E-state index contributed by atoms with van der Waals surface area (Å²) in [5, 5.41) is 12.0. The second kappa shape index (κ2) is 9.76. The first-order valence-electron chi connectivity index (χ1n) is 9.07. The van der Waals surface area contributed by atoms with Gasteiger partial charge in [-0.3, -0.25) is 19.7 Å². The van der Waals surface area contributed by atoms with E-state index in [0.29, 0.717) is 44.7 Å². The van der Waals surface area contributed by atoms with Crippen LogP contribution in [0, 0.1) is 11.3 Å². The van der Waals surface area contributed by atoms with Crippen LogP contribution >= 0.6 is 0 Å². The van der Waals surface area contributed by atoms with Gasteiger partial charge in [-0.15, -0.1) is 0 Å². The molecule has 1 unspecified atom stereocenters. The highest BCUT2D eigenvalue weighted by Crippen LogP contribution is 2.16. The molecule has 1 amide bonds. The fourth-order valence-corrected chi connectivity index (χ4v) is 3.13. The van der Waals surface area contributed by atoms with Crippen molar-refractivity contribution in [2.24, 2.45) is 0 Å². The lowest BCUT2D eigenvalue weighted by molar-refractivity contribution is -0.124. The van der Waals surface area contributed by atoms with E-state index in [4.69, 9.17) is 10.00 Å². The molecular formula is C20H23N5O2. The number of hydrogen-bond acceptors (Lipinski definition) is 6. The Morgan fingerprint density at radius 1 is 1.41 bits per heavy atom. The first-order valence-corrected chi connectivity index (χ1v) is 9.07. The van der Waals surface area contributed by atoms with E-state index in [1.54, 1.807) is 24.7 Å². The van der Waals surface area contributed by atoms with Crippen molar-refractivity contribution >= 4 is 5.91 Å². The summed E-state index contributed by atoms with van der Waals surface area (Å²) >= 11 is 0. The van der Waals surface area contributed by atoms with Crippen LogP contribution in [0.3, 0.4) is 0 Å². The standard InChI is InChI=1S/C20H23N5O2/c21-12-16-2-1-3-17(10-16)14-25-8-9-27-15-19(25)11-20(26)24-5-4-18-13-22-6-7-23-18/h1-3,6-7,10,13,19H,4-5,8-9,11,14-15H2,(H,24,26). The van der Waals surface area contributed by atoms with Gasteiger partial charge >= 0.3 is 0 Å². The van der Waals surface area contributed by atoms with Crippen molar-refractivity contribution in [3.63, 3.8) is 0 Å². The third kappa shape index (κ3) is 5.84. The Balaban J connectivity index is 1.50. The van der Waals surface area contributed by atoms with Gasteiger partial charge in [-0.1, -0.05) is 12.1 Å². The van der Waals surface area contributed by atoms with Crippen molar-refractivity contribution in [1.82, 2.24) is 20.2 Å². The predicted octanol–water partition coefficient (Wildman–Crippen LogP) is 1.30. The summed E-state index contributed by atoms with van der Waals surface area (Å²) < 4.78 is 5.58. The highest BCUT2D eigenvalue weighted by atomic mass is 16.5. The molecule has 7 heteroatoms. The average Bonchev–Trinajstić information content (AvgIpc) is 2.70. The SMILES string of the molecule is N#Cc1cccc(CN2CCOCC2CC(=O)NCCc2cnccn2)c1. The van der Waals surface area contributed by atoms with Crippen molar-refractivity contribution in [1.29, 1.82) is 5.26 Å². The lowest BCUT2D eigenvalue weighted by Crippen LogP contribution is -2.47. The molecule has 1 aromatic carbocycles. The minimum absolute atomic E-state index is 0.00478. The number of benzene rings is 1. The second-order valence-corrected chi connectivity index (χ2v) is 6.51. The maximum absolute atomic E-state index is 12.3. The molecule has 1 N–H and O–H groups in total. The van der Waals surface area contributed by atoms with Crippen molar-refractivity contribution in [3.8, 4) is 6.07 Å². The molecule has 7 nitrogen and oxygen atoms in total. The first-order chi connectivity index (χ1) is 13.2. The van der Waals surface area contributed by atoms with E-state index in [9.17, 15) is 4.79 Å². The summed E-state index contributed by atoms with van der Waals surface area (Å²) in [6.45, 7) is 3.21. The minimum Gasteiger partial charge on any atom is -0.378 e. The molecule has 0 bridgehead atoms. The molecule has 0 aliphatic carbocycles. The van der Waals surface area contributed by atoms with Crippen LogP contribution < -0.4 is 5.32 Å². The highest BCUT2D eigenvalue weighted by molar-refractivity contribution is 5.76. The van der Waals surface area contributed by atoms with Crippen LogP contribution in [0.25, 0.3) is 0 Å². The van der Waals surface area contributed by atoms with E-state index in [1.807, 2.05) is 18.2 Å². The zero-order chi connectivity index (χ0) is 18.9. The number of aromatic nitrogens is 2. The van der Waals surface area contributed by atoms with E-state index in [2.05, 4.69) is 26.3 Å². The normalized spacial score (nSPS) is 17.2. The number of nitrogens with zero attached hydrogens (tertiary/aromatic N) is 4. The molecule has 2 heterocycles. The molecule has 1 aliphatic rings. The lowest BCUT2D eigenvalue weighted by atomic mass is 10.1. The van der Waals surface area contributed by atoms with Gasteiger partial charge in [0, 0.05) is 57.1 Å². The predicted molar refractivity (Wildman–Crippen MR) is 99.5 cm³/mol. The van der Waals surface area contributed by atoms with E-state index in [0.717, 1.165) is 17.8 Å². The van der Waals surface area contributed by atoms with Gasteiger partial charge in [-0.05, 0) is 17.7 Å². The van der Waals surface area contributed by atoms with Crippen LogP contribution in [0.15, 0.2) is 42.9 Å². The zero-order valence-electron chi connectivity index (χ0n) is 15.2. The van der Waals surface area contributed by atoms with Gasteiger partial charge in [0.1, 0.15) is 0 Å². The van der Waals surface area contributed by atoms with Gasteiger partial charge in [-0.25, -0.2) is 0 Å². The van der Waals surface area contributed by atoms with Crippen molar-refractivity contribution in [2.45, 2.75) is 25.4 Å². The van der Waals surface area contributed by atoms with E-state index in [1.165, 1.54) is 0 Å². The van der Waals surface area contributed by atoms with Crippen LogP contribution in [0.4, 0.5) is 0 Å². The maximum Gasteiger partial charge on any atom is 0.221 e. The van der Waals surface area contributed by atoms with Crippen LogP contribution in [0.5, 0.6) is 0 Å². The summed E-state index contributed by atoms with van der Waals surface area (Å²) in [6, 6.07) is 9.79.